The molecule has 0 aliphatic heterocycles. The van der Waals surface area contributed by atoms with Gasteiger partial charge in [-0.1, -0.05) is 113 Å². The quantitative estimate of drug-likeness (QED) is 0.294. The van der Waals surface area contributed by atoms with Crippen molar-refractivity contribution in [3.63, 3.8) is 0 Å². The topological polar surface area (TPSA) is 0 Å². The Hall–Kier alpha value is -2.64. The minimum Gasteiger partial charge on any atom is -0.0622 e. The molecule has 0 spiro atoms. The van der Waals surface area contributed by atoms with Gasteiger partial charge in [-0.3, -0.25) is 0 Å². The molecule has 0 unspecified atom stereocenters. The van der Waals surface area contributed by atoms with Crippen molar-refractivity contribution in [3.05, 3.63) is 130 Å². The van der Waals surface area contributed by atoms with Crippen LogP contribution in [0.4, 0.5) is 0 Å². The average Bonchev–Trinajstić information content (AvgIpc) is 2.76. The van der Waals surface area contributed by atoms with Crippen molar-refractivity contribution < 1.29 is 0 Å². The van der Waals surface area contributed by atoms with Crippen molar-refractivity contribution >= 4 is 15.9 Å². The van der Waals surface area contributed by atoms with E-state index < -0.39 is 0 Å². The highest BCUT2D eigenvalue weighted by atomic mass is 79.9. The molecule has 0 aromatic heterocycles. The minimum absolute atomic E-state index is 0.425. The van der Waals surface area contributed by atoms with Crippen LogP contribution in [0, 0.1) is 0 Å². The molecule has 0 aliphatic rings. The summed E-state index contributed by atoms with van der Waals surface area (Å²) in [5.74, 6) is 0.425. The van der Waals surface area contributed by atoms with Crippen LogP contribution in [0.2, 0.25) is 0 Å². The van der Waals surface area contributed by atoms with Gasteiger partial charge < -0.3 is 0 Å². The van der Waals surface area contributed by atoms with Gasteiger partial charge in [0.2, 0.25) is 0 Å². The molecule has 0 aliphatic carbocycles. The molecule has 28 heavy (non-hydrogen) atoms. The van der Waals surface area contributed by atoms with Gasteiger partial charge in [0.05, 0.1) is 0 Å². The van der Waals surface area contributed by atoms with Crippen molar-refractivity contribution in [2.45, 2.75) is 18.8 Å². The molecule has 0 saturated carbocycles. The Morgan fingerprint density at radius 1 is 0.536 bits per heavy atom. The summed E-state index contributed by atoms with van der Waals surface area (Å²) in [6, 6.07) is 39.2. The van der Waals surface area contributed by atoms with Crippen LogP contribution < -0.4 is 0 Å². The average molecular weight is 427 g/mol. The highest BCUT2D eigenvalue weighted by molar-refractivity contribution is 9.10. The van der Waals surface area contributed by atoms with Crippen LogP contribution in [0.5, 0.6) is 0 Å². The van der Waals surface area contributed by atoms with Crippen molar-refractivity contribution in [2.75, 3.05) is 0 Å². The molecule has 4 rings (SSSR count). The standard InChI is InChI=1S/C27H23Br/c28-26-18-16-23(17-19-26)22-14-11-21(12-15-22)13-20-27(24-7-3-1-4-8-24)25-9-5-2-6-10-25/h1-12,14-19,27H,13,20H2. The number of rotatable bonds is 6. The molecule has 4 aromatic carbocycles. The van der Waals surface area contributed by atoms with Crippen LogP contribution in [0.3, 0.4) is 0 Å². The van der Waals surface area contributed by atoms with Crippen molar-refractivity contribution in [3.8, 4) is 11.1 Å². The van der Waals surface area contributed by atoms with Crippen LogP contribution in [-0.4, -0.2) is 0 Å². The number of halogens is 1. The Kier molecular flexibility index (Phi) is 6.04. The second-order valence-electron chi connectivity index (χ2n) is 7.12. The summed E-state index contributed by atoms with van der Waals surface area (Å²) in [7, 11) is 0. The van der Waals surface area contributed by atoms with Crippen LogP contribution in [0.1, 0.15) is 29.0 Å². The first-order valence-electron chi connectivity index (χ1n) is 9.74. The third-order valence-electron chi connectivity index (χ3n) is 5.26. The molecule has 0 amide bonds. The zero-order valence-electron chi connectivity index (χ0n) is 15.8. The fourth-order valence-corrected chi connectivity index (χ4v) is 3.98. The summed E-state index contributed by atoms with van der Waals surface area (Å²) in [5.41, 5.74) is 6.68. The molecule has 0 bridgehead atoms. The molecule has 1 heteroatoms. The van der Waals surface area contributed by atoms with Gasteiger partial charge in [-0.25, -0.2) is 0 Å². The maximum Gasteiger partial charge on any atom is 0.0175 e. The Bertz CT molecular complexity index is 948. The second-order valence-corrected chi connectivity index (χ2v) is 8.03. The summed E-state index contributed by atoms with van der Waals surface area (Å²) in [6.45, 7) is 0. The van der Waals surface area contributed by atoms with E-state index in [2.05, 4.69) is 125 Å². The summed E-state index contributed by atoms with van der Waals surface area (Å²) in [6.07, 6.45) is 2.17. The molecule has 0 radical (unpaired) electrons. The first-order valence-corrected chi connectivity index (χ1v) is 10.5. The molecule has 0 atom stereocenters. The van der Waals surface area contributed by atoms with E-state index in [1.54, 1.807) is 0 Å². The number of benzene rings is 4. The van der Waals surface area contributed by atoms with Gasteiger partial charge in [0.1, 0.15) is 0 Å². The van der Waals surface area contributed by atoms with E-state index in [9.17, 15) is 0 Å². The first kappa shape index (κ1) is 18.7. The monoisotopic (exact) mass is 426 g/mol. The summed E-state index contributed by atoms with van der Waals surface area (Å²) < 4.78 is 1.11. The molecule has 0 fully saturated rings. The molecule has 0 N–H and O–H groups in total. The zero-order valence-corrected chi connectivity index (χ0v) is 17.3. The van der Waals surface area contributed by atoms with Gasteiger partial charge in [0.15, 0.2) is 0 Å². The van der Waals surface area contributed by atoms with Gasteiger partial charge in [0, 0.05) is 10.4 Å². The fraction of sp³-hybridized carbons (Fsp3) is 0.111. The Morgan fingerprint density at radius 3 is 1.50 bits per heavy atom. The Balaban J connectivity index is 1.50. The number of hydrogen-bond acceptors (Lipinski definition) is 0. The van der Waals surface area contributed by atoms with Crippen LogP contribution in [0.25, 0.3) is 11.1 Å². The fourth-order valence-electron chi connectivity index (χ4n) is 3.71. The zero-order chi connectivity index (χ0) is 19.2. The smallest absolute Gasteiger partial charge is 0.0175 e. The van der Waals surface area contributed by atoms with Gasteiger partial charge in [-0.15, -0.1) is 0 Å². The summed E-state index contributed by atoms with van der Waals surface area (Å²) in [5, 5.41) is 0. The normalized spacial score (nSPS) is 10.9. The van der Waals surface area contributed by atoms with E-state index in [1.807, 2.05) is 0 Å². The van der Waals surface area contributed by atoms with Gasteiger partial charge >= 0.3 is 0 Å². The number of hydrogen-bond donors (Lipinski definition) is 0. The van der Waals surface area contributed by atoms with Crippen molar-refractivity contribution in [2.24, 2.45) is 0 Å². The third kappa shape index (κ3) is 4.61. The molecular weight excluding hydrogens is 404 g/mol. The predicted molar refractivity (Wildman–Crippen MR) is 123 cm³/mol. The van der Waals surface area contributed by atoms with Crippen LogP contribution >= 0.6 is 15.9 Å². The van der Waals surface area contributed by atoms with E-state index in [1.165, 1.54) is 27.8 Å². The van der Waals surface area contributed by atoms with Crippen molar-refractivity contribution in [1.29, 1.82) is 0 Å². The molecule has 0 heterocycles. The minimum atomic E-state index is 0.425. The Morgan fingerprint density at radius 2 is 1.00 bits per heavy atom. The first-order chi connectivity index (χ1) is 13.8. The largest absolute Gasteiger partial charge is 0.0622 e. The lowest BCUT2D eigenvalue weighted by molar-refractivity contribution is 0.715. The van der Waals surface area contributed by atoms with Crippen LogP contribution in [0.15, 0.2) is 114 Å². The molecular formula is C27H23Br. The van der Waals surface area contributed by atoms with E-state index in [0.717, 1.165) is 17.3 Å². The summed E-state index contributed by atoms with van der Waals surface area (Å²) in [4.78, 5) is 0. The molecule has 138 valence electrons. The van der Waals surface area contributed by atoms with Gasteiger partial charge in [-0.2, -0.15) is 0 Å². The van der Waals surface area contributed by atoms with E-state index in [0.29, 0.717) is 5.92 Å². The Labute approximate surface area is 176 Å². The van der Waals surface area contributed by atoms with Crippen LogP contribution in [-0.2, 0) is 6.42 Å². The van der Waals surface area contributed by atoms with Crippen molar-refractivity contribution in [1.82, 2.24) is 0 Å². The number of aryl methyl sites for hydroxylation is 1. The lowest BCUT2D eigenvalue weighted by atomic mass is 9.86. The molecule has 4 aromatic rings. The molecule has 0 nitrogen and oxygen atoms in total. The predicted octanol–water partition coefficient (Wildman–Crippen LogP) is 7.88. The molecule has 0 saturated heterocycles. The van der Waals surface area contributed by atoms with Gasteiger partial charge in [-0.05, 0) is 52.8 Å². The third-order valence-corrected chi connectivity index (χ3v) is 5.79. The van der Waals surface area contributed by atoms with E-state index >= 15 is 0 Å². The lowest BCUT2D eigenvalue weighted by Crippen LogP contribution is -2.03. The maximum absolute atomic E-state index is 3.50. The maximum atomic E-state index is 3.50. The van der Waals surface area contributed by atoms with Gasteiger partial charge in [0.25, 0.3) is 0 Å². The second kappa shape index (κ2) is 9.03. The highest BCUT2D eigenvalue weighted by Gasteiger charge is 2.13. The highest BCUT2D eigenvalue weighted by Crippen LogP contribution is 2.30. The lowest BCUT2D eigenvalue weighted by Gasteiger charge is -2.18. The SMILES string of the molecule is Brc1ccc(-c2ccc(CCC(c3ccccc3)c3ccccc3)cc2)cc1. The van der Waals surface area contributed by atoms with E-state index in [-0.39, 0.29) is 0 Å². The summed E-state index contributed by atoms with van der Waals surface area (Å²) >= 11 is 3.50. The van der Waals surface area contributed by atoms with E-state index in [4.69, 9.17) is 0 Å².